The van der Waals surface area contributed by atoms with Gasteiger partial charge < -0.3 is 29.1 Å². The van der Waals surface area contributed by atoms with Crippen LogP contribution >= 0.6 is 0 Å². The van der Waals surface area contributed by atoms with Crippen molar-refractivity contribution in [2.24, 2.45) is 5.92 Å². The second-order valence-electron chi connectivity index (χ2n) is 15.0. The molecule has 6 atom stereocenters. The molecule has 0 radical (unpaired) electrons. The lowest BCUT2D eigenvalue weighted by molar-refractivity contribution is -0.154. The molecule has 4 aliphatic heterocycles. The van der Waals surface area contributed by atoms with Crippen molar-refractivity contribution in [2.75, 3.05) is 30.1 Å². The van der Waals surface area contributed by atoms with Crippen molar-refractivity contribution in [3.8, 4) is 5.75 Å². The second-order valence-corrected chi connectivity index (χ2v) is 19.7. The van der Waals surface area contributed by atoms with Crippen LogP contribution in [0.2, 0.25) is 18.6 Å². The van der Waals surface area contributed by atoms with Gasteiger partial charge in [-0.2, -0.15) is 0 Å². The number of rotatable bonds is 10. The number of hydrogen-bond donors (Lipinski definition) is 1. The molecule has 274 valence electrons. The molecule has 0 bridgehead atoms. The summed E-state index contributed by atoms with van der Waals surface area (Å²) in [7, 11) is -0.826. The molecule has 0 aromatic heterocycles. The van der Waals surface area contributed by atoms with Gasteiger partial charge in [-0.15, -0.1) is 0 Å². The first kappa shape index (κ1) is 35.9. The number of anilines is 2. The predicted octanol–water partition coefficient (Wildman–Crippen LogP) is 4.46. The molecule has 11 nitrogen and oxygen atoms in total. The number of nitrogens with zero attached hydrogens (tertiary/aromatic N) is 3. The maximum Gasteiger partial charge on any atom is 0.304 e. The highest BCUT2D eigenvalue weighted by atomic mass is 28.3. The predicted molar refractivity (Wildman–Crippen MR) is 198 cm³/mol. The Balaban J connectivity index is 1.25. The minimum Gasteiger partial charge on any atom is -0.497 e. The van der Waals surface area contributed by atoms with E-state index >= 15 is 4.79 Å². The van der Waals surface area contributed by atoms with Crippen LogP contribution < -0.4 is 19.7 Å². The van der Waals surface area contributed by atoms with Crippen LogP contribution in [-0.2, 0) is 40.8 Å². The topological polar surface area (TPSA) is 126 Å². The highest BCUT2D eigenvalue weighted by molar-refractivity contribution is 6.91. The van der Waals surface area contributed by atoms with Gasteiger partial charge in [-0.25, -0.2) is 0 Å². The zero-order valence-electron chi connectivity index (χ0n) is 30.4. The molecule has 4 heterocycles. The number of β-lactam (4-membered cyclic amide) rings is 1. The van der Waals surface area contributed by atoms with E-state index in [4.69, 9.17) is 14.2 Å². The number of aliphatic hydroxyl groups excluding tert-OH is 1. The summed E-state index contributed by atoms with van der Waals surface area (Å²) in [5, 5.41) is 11.2. The molecule has 0 saturated carbocycles. The van der Waals surface area contributed by atoms with Crippen LogP contribution in [0.25, 0.3) is 0 Å². The van der Waals surface area contributed by atoms with Gasteiger partial charge in [0.25, 0.3) is 5.91 Å². The highest BCUT2D eigenvalue weighted by Crippen LogP contribution is 2.60. The lowest BCUT2D eigenvalue weighted by Gasteiger charge is -2.39. The largest absolute Gasteiger partial charge is 0.497 e. The fourth-order valence-electron chi connectivity index (χ4n) is 9.24. The molecule has 3 saturated heterocycles. The Morgan fingerprint density at radius 1 is 1.04 bits per heavy atom. The van der Waals surface area contributed by atoms with Crippen molar-refractivity contribution < 1.29 is 38.5 Å². The number of aliphatic hydroxyl groups is 1. The molecule has 3 fully saturated rings. The summed E-state index contributed by atoms with van der Waals surface area (Å²) >= 11 is 0. The number of ether oxygens (including phenoxy) is 3. The van der Waals surface area contributed by atoms with Gasteiger partial charge in [-0.05, 0) is 54.3 Å². The number of hydrogen-bond acceptors (Lipinski definition) is 8. The Morgan fingerprint density at radius 3 is 2.48 bits per heavy atom. The van der Waals surface area contributed by atoms with Crippen molar-refractivity contribution >= 4 is 48.3 Å². The Morgan fingerprint density at radius 2 is 1.79 bits per heavy atom. The first-order chi connectivity index (χ1) is 24.9. The third-order valence-corrected chi connectivity index (χ3v) is 16.1. The summed E-state index contributed by atoms with van der Waals surface area (Å²) < 4.78 is 18.0. The summed E-state index contributed by atoms with van der Waals surface area (Å²) in [5.74, 6) is -0.369. The third kappa shape index (κ3) is 5.90. The lowest BCUT2D eigenvalue weighted by atomic mass is 9.82. The molecule has 3 aromatic rings. The van der Waals surface area contributed by atoms with E-state index in [1.165, 1.54) is 17.0 Å². The number of para-hydroxylation sites is 1. The molecule has 1 unspecified atom stereocenters. The van der Waals surface area contributed by atoms with Crippen LogP contribution in [0.4, 0.5) is 11.4 Å². The molecule has 1 N–H and O–H groups in total. The fourth-order valence-corrected chi connectivity index (χ4v) is 13.2. The second kappa shape index (κ2) is 13.8. The number of esters is 1. The van der Waals surface area contributed by atoms with Gasteiger partial charge >= 0.3 is 5.97 Å². The smallest absolute Gasteiger partial charge is 0.304 e. The van der Waals surface area contributed by atoms with Crippen LogP contribution in [0.3, 0.4) is 0 Å². The summed E-state index contributed by atoms with van der Waals surface area (Å²) in [6.45, 7) is 8.74. The highest BCUT2D eigenvalue weighted by Gasteiger charge is 2.66. The van der Waals surface area contributed by atoms with Crippen molar-refractivity contribution in [1.82, 2.24) is 4.90 Å². The van der Waals surface area contributed by atoms with Crippen LogP contribution in [0, 0.1) is 5.92 Å². The van der Waals surface area contributed by atoms with Crippen LogP contribution in [0.15, 0.2) is 72.8 Å². The van der Waals surface area contributed by atoms with Gasteiger partial charge in [0.15, 0.2) is 11.8 Å². The van der Waals surface area contributed by atoms with E-state index in [2.05, 4.69) is 32.2 Å². The fraction of sp³-hybridized carbons (Fsp3) is 0.450. The van der Waals surface area contributed by atoms with E-state index in [0.29, 0.717) is 12.2 Å². The van der Waals surface area contributed by atoms with E-state index in [1.54, 1.807) is 23.0 Å². The Kier molecular flexibility index (Phi) is 9.51. The SMILES string of the molecule is COc1ccc([Si](C)(C)[C@@H]2[C@@H](CC(=O)N3CCC[C@H]3CO)O[C@]3(C(=O)N(Cc4cccc(N5C(=O)CC5OC(C)=O)c4)c4ccccc43)[C@H]2C)cc1. The van der Waals surface area contributed by atoms with Gasteiger partial charge in [-0.3, -0.25) is 24.1 Å². The molecule has 0 aliphatic carbocycles. The van der Waals surface area contributed by atoms with Crippen LogP contribution in [0.1, 0.15) is 50.7 Å². The number of fused-ring (bicyclic) bond motifs is 2. The van der Waals surface area contributed by atoms with Gasteiger partial charge in [0.1, 0.15) is 5.75 Å². The third-order valence-electron chi connectivity index (χ3n) is 11.8. The van der Waals surface area contributed by atoms with Crippen LogP contribution in [-0.4, -0.2) is 80.4 Å². The number of likely N-dealkylation sites (tertiary alicyclic amines) is 1. The first-order valence-corrected chi connectivity index (χ1v) is 21.2. The molecule has 7 rings (SSSR count). The normalized spacial score (nSPS) is 26.9. The number of methoxy groups -OCH3 is 1. The Labute approximate surface area is 305 Å². The van der Waals surface area contributed by atoms with E-state index in [-0.39, 0.29) is 61.2 Å². The molecule has 52 heavy (non-hydrogen) atoms. The molecular weight excluding hydrogens is 679 g/mol. The standard InChI is InChI=1S/C40H47N3O8Si/c1-25-38(52(4,5)31-17-15-30(49-3)16-18-31)34(21-35(46)41-19-9-12-29(41)24-44)51-40(25)32-13-6-7-14-33(32)42(39(40)48)23-27-10-8-11-28(20-27)43-36(47)22-37(43)50-26(2)45/h6-8,10-11,13-18,20,25,29,34,37-38,44H,9,12,19,21-24H2,1-5H3/t25-,29-,34+,37?,38-,40+/m0/s1. The Hall–Kier alpha value is -4.52. The van der Waals surface area contributed by atoms with Crippen molar-refractivity contribution in [3.05, 3.63) is 83.9 Å². The van der Waals surface area contributed by atoms with Crippen LogP contribution in [0.5, 0.6) is 5.75 Å². The number of benzene rings is 3. The molecule has 3 aromatic carbocycles. The van der Waals surface area contributed by atoms with Gasteiger partial charge in [0.05, 0.1) is 59.0 Å². The lowest BCUT2D eigenvalue weighted by Crippen LogP contribution is -2.54. The van der Waals surface area contributed by atoms with Crippen molar-refractivity contribution in [2.45, 2.75) is 88.7 Å². The van der Waals surface area contributed by atoms with Crippen molar-refractivity contribution in [3.63, 3.8) is 0 Å². The minimum atomic E-state index is -2.47. The maximum atomic E-state index is 15.1. The maximum absolute atomic E-state index is 15.1. The minimum absolute atomic E-state index is 0.0599. The molecule has 4 aliphatic rings. The van der Waals surface area contributed by atoms with E-state index in [1.807, 2.05) is 54.6 Å². The number of carbonyl (C=O) groups is 4. The average molecular weight is 726 g/mol. The quantitative estimate of drug-likeness (QED) is 0.185. The number of carbonyl (C=O) groups excluding carboxylic acids is 4. The van der Waals surface area contributed by atoms with E-state index in [0.717, 1.165) is 35.4 Å². The van der Waals surface area contributed by atoms with Crippen molar-refractivity contribution in [1.29, 1.82) is 0 Å². The van der Waals surface area contributed by atoms with Gasteiger partial charge in [0.2, 0.25) is 11.8 Å². The van der Waals surface area contributed by atoms with E-state index < -0.39 is 32.0 Å². The van der Waals surface area contributed by atoms with Gasteiger partial charge in [-0.1, -0.05) is 67.7 Å². The molecule has 12 heteroatoms. The molecule has 1 spiro atoms. The summed E-state index contributed by atoms with van der Waals surface area (Å²) in [6.07, 6.45) is 0.651. The average Bonchev–Trinajstić information content (AvgIpc) is 3.78. The monoisotopic (exact) mass is 725 g/mol. The first-order valence-electron chi connectivity index (χ1n) is 18.1. The summed E-state index contributed by atoms with van der Waals surface area (Å²) in [5.41, 5.74) is 1.48. The zero-order valence-corrected chi connectivity index (χ0v) is 31.4. The molecular formula is C40H47N3O8Si. The number of amides is 3. The van der Waals surface area contributed by atoms with E-state index in [9.17, 15) is 19.5 Å². The molecule has 3 amide bonds. The van der Waals surface area contributed by atoms with Gasteiger partial charge in [0, 0.05) is 30.6 Å². The summed E-state index contributed by atoms with van der Waals surface area (Å²) in [4.78, 5) is 58.4. The Bertz CT molecular complexity index is 1880. The zero-order chi connectivity index (χ0) is 36.9. The summed E-state index contributed by atoms with van der Waals surface area (Å²) in [6, 6.07) is 23.0.